The van der Waals surface area contributed by atoms with Gasteiger partial charge in [0.2, 0.25) is 0 Å². The maximum Gasteiger partial charge on any atom is 0.170 e. The van der Waals surface area contributed by atoms with E-state index in [0.29, 0.717) is 27.1 Å². The molecule has 0 saturated carbocycles. The molecule has 98 valence electrons. The third-order valence-corrected chi connectivity index (χ3v) is 3.20. The minimum atomic E-state index is 0.0346. The summed E-state index contributed by atoms with van der Waals surface area (Å²) in [4.78, 5) is 0. The molecule has 0 saturated heterocycles. The van der Waals surface area contributed by atoms with E-state index < -0.39 is 0 Å². The fraction of sp³-hybridized carbons (Fsp3) is 0. The summed E-state index contributed by atoms with van der Waals surface area (Å²) in [7, 11) is 0. The average molecular weight is 297 g/mol. The van der Waals surface area contributed by atoms with E-state index >= 15 is 0 Å². The van der Waals surface area contributed by atoms with Gasteiger partial charge >= 0.3 is 0 Å². The van der Waals surface area contributed by atoms with Crippen LogP contribution < -0.4 is 10.5 Å². The van der Waals surface area contributed by atoms with Crippen LogP contribution in [0, 0.1) is 0 Å². The van der Waals surface area contributed by atoms with Crippen molar-refractivity contribution in [2.75, 3.05) is 0 Å². The Morgan fingerprint density at radius 2 is 1.79 bits per heavy atom. The maximum atomic E-state index is 8.56. The van der Waals surface area contributed by atoms with Crippen molar-refractivity contribution in [3.05, 3.63) is 58.1 Å². The lowest BCUT2D eigenvalue weighted by Gasteiger charge is -2.08. The molecule has 0 aromatic heterocycles. The monoisotopic (exact) mass is 296 g/mol. The predicted molar refractivity (Wildman–Crippen MR) is 75.5 cm³/mol. The van der Waals surface area contributed by atoms with Crippen LogP contribution >= 0.6 is 23.2 Å². The first-order valence-electron chi connectivity index (χ1n) is 5.31. The maximum absolute atomic E-state index is 8.56. The quantitative estimate of drug-likeness (QED) is 0.391. The van der Waals surface area contributed by atoms with Gasteiger partial charge in [0.25, 0.3) is 0 Å². The zero-order chi connectivity index (χ0) is 13.8. The van der Waals surface area contributed by atoms with Crippen molar-refractivity contribution >= 4 is 29.0 Å². The van der Waals surface area contributed by atoms with Crippen LogP contribution in [-0.4, -0.2) is 11.0 Å². The molecule has 3 N–H and O–H groups in total. The first kappa shape index (κ1) is 13.5. The van der Waals surface area contributed by atoms with Gasteiger partial charge in [-0.05, 0) is 36.4 Å². The normalized spacial score (nSPS) is 11.4. The van der Waals surface area contributed by atoms with Crippen LogP contribution in [0.3, 0.4) is 0 Å². The summed E-state index contributed by atoms with van der Waals surface area (Å²) in [6, 6.07) is 11.8. The van der Waals surface area contributed by atoms with Crippen molar-refractivity contribution in [2.24, 2.45) is 10.9 Å². The first-order chi connectivity index (χ1) is 9.11. The van der Waals surface area contributed by atoms with Gasteiger partial charge in [-0.1, -0.05) is 34.4 Å². The largest absolute Gasteiger partial charge is 0.456 e. The van der Waals surface area contributed by atoms with E-state index in [0.717, 1.165) is 0 Å². The summed E-state index contributed by atoms with van der Waals surface area (Å²) >= 11 is 11.9. The minimum absolute atomic E-state index is 0.0346. The number of nitrogens with two attached hydrogens (primary N) is 1. The molecule has 0 bridgehead atoms. The molecular formula is C13H10Cl2N2O2. The van der Waals surface area contributed by atoms with Crippen molar-refractivity contribution < 1.29 is 9.94 Å². The van der Waals surface area contributed by atoms with Crippen LogP contribution in [0.1, 0.15) is 5.56 Å². The van der Waals surface area contributed by atoms with Crippen molar-refractivity contribution in [1.82, 2.24) is 0 Å². The number of rotatable bonds is 3. The summed E-state index contributed by atoms with van der Waals surface area (Å²) in [5, 5.41) is 12.2. The summed E-state index contributed by atoms with van der Waals surface area (Å²) in [5.74, 6) is 1.07. The van der Waals surface area contributed by atoms with E-state index in [4.69, 9.17) is 38.9 Å². The predicted octanol–water partition coefficient (Wildman–Crippen LogP) is 3.88. The number of amidine groups is 1. The second kappa shape index (κ2) is 5.82. The molecule has 2 aromatic rings. The third-order valence-electron chi connectivity index (χ3n) is 2.40. The third kappa shape index (κ3) is 3.10. The fourth-order valence-electron chi connectivity index (χ4n) is 1.44. The summed E-state index contributed by atoms with van der Waals surface area (Å²) in [6.07, 6.45) is 0. The summed E-state index contributed by atoms with van der Waals surface area (Å²) in [6.45, 7) is 0. The second-order valence-electron chi connectivity index (χ2n) is 3.66. The average Bonchev–Trinajstić information content (AvgIpc) is 2.44. The Bertz CT molecular complexity index is 613. The van der Waals surface area contributed by atoms with Crippen molar-refractivity contribution in [2.45, 2.75) is 0 Å². The molecule has 0 fully saturated rings. The van der Waals surface area contributed by atoms with Gasteiger partial charge in [0.15, 0.2) is 5.84 Å². The van der Waals surface area contributed by atoms with Gasteiger partial charge in [0.05, 0.1) is 5.02 Å². The Morgan fingerprint density at radius 1 is 1.11 bits per heavy atom. The van der Waals surface area contributed by atoms with Gasteiger partial charge < -0.3 is 15.7 Å². The number of benzene rings is 2. The fourth-order valence-corrected chi connectivity index (χ4v) is 1.77. The Kier molecular flexibility index (Phi) is 4.14. The van der Waals surface area contributed by atoms with Gasteiger partial charge in [-0.15, -0.1) is 0 Å². The van der Waals surface area contributed by atoms with E-state index in [1.54, 1.807) is 42.5 Å². The standard InChI is InChI=1S/C13H10Cl2N2O2/c14-10-2-1-3-11(12(10)15)19-9-6-4-8(5-7-9)13(16)17-18/h1-7,18H,(H2,16,17). The van der Waals surface area contributed by atoms with Crippen LogP contribution in [0.25, 0.3) is 0 Å². The van der Waals surface area contributed by atoms with E-state index in [1.807, 2.05) is 0 Å². The molecule has 0 aliphatic carbocycles. The molecule has 19 heavy (non-hydrogen) atoms. The number of halogens is 2. The molecule has 0 amide bonds. The molecular weight excluding hydrogens is 287 g/mol. The van der Waals surface area contributed by atoms with Gasteiger partial charge in [-0.25, -0.2) is 0 Å². The molecule has 2 aromatic carbocycles. The van der Waals surface area contributed by atoms with Crippen LogP contribution in [-0.2, 0) is 0 Å². The molecule has 0 spiro atoms. The molecule has 2 rings (SSSR count). The molecule has 0 atom stereocenters. The Morgan fingerprint density at radius 3 is 2.42 bits per heavy atom. The highest BCUT2D eigenvalue weighted by Crippen LogP contribution is 2.34. The van der Waals surface area contributed by atoms with Crippen LogP contribution in [0.4, 0.5) is 0 Å². The number of hydrogen-bond acceptors (Lipinski definition) is 3. The van der Waals surface area contributed by atoms with Gasteiger partial charge in [0, 0.05) is 5.56 Å². The van der Waals surface area contributed by atoms with Gasteiger partial charge in [0.1, 0.15) is 16.5 Å². The van der Waals surface area contributed by atoms with Gasteiger partial charge in [-0.3, -0.25) is 0 Å². The highest BCUT2D eigenvalue weighted by Gasteiger charge is 2.07. The zero-order valence-corrected chi connectivity index (χ0v) is 11.2. The van der Waals surface area contributed by atoms with Crippen molar-refractivity contribution in [3.8, 4) is 11.5 Å². The first-order valence-corrected chi connectivity index (χ1v) is 6.07. The lowest BCUT2D eigenvalue weighted by atomic mass is 10.2. The molecule has 0 aliphatic heterocycles. The minimum Gasteiger partial charge on any atom is -0.456 e. The molecule has 6 heteroatoms. The van der Waals surface area contributed by atoms with Crippen molar-refractivity contribution in [1.29, 1.82) is 0 Å². The van der Waals surface area contributed by atoms with E-state index in [-0.39, 0.29) is 5.84 Å². The van der Waals surface area contributed by atoms with E-state index in [1.165, 1.54) is 0 Å². The van der Waals surface area contributed by atoms with E-state index in [9.17, 15) is 0 Å². The summed E-state index contributed by atoms with van der Waals surface area (Å²) in [5.41, 5.74) is 6.05. The molecule has 0 heterocycles. The highest BCUT2D eigenvalue weighted by molar-refractivity contribution is 6.42. The number of oxime groups is 1. The zero-order valence-electron chi connectivity index (χ0n) is 9.68. The SMILES string of the molecule is N/C(=N\O)c1ccc(Oc2cccc(Cl)c2Cl)cc1. The number of ether oxygens (including phenoxy) is 1. The molecule has 0 aliphatic rings. The topological polar surface area (TPSA) is 67.8 Å². The van der Waals surface area contributed by atoms with Crippen LogP contribution in [0.2, 0.25) is 10.0 Å². The van der Waals surface area contributed by atoms with Gasteiger partial charge in [-0.2, -0.15) is 0 Å². The second-order valence-corrected chi connectivity index (χ2v) is 4.45. The van der Waals surface area contributed by atoms with Crippen LogP contribution in [0.5, 0.6) is 11.5 Å². The lowest BCUT2D eigenvalue weighted by Crippen LogP contribution is -2.12. The van der Waals surface area contributed by atoms with Crippen LogP contribution in [0.15, 0.2) is 47.6 Å². The van der Waals surface area contributed by atoms with Crippen molar-refractivity contribution in [3.63, 3.8) is 0 Å². The number of nitrogens with zero attached hydrogens (tertiary/aromatic N) is 1. The Labute approximate surface area is 120 Å². The smallest absolute Gasteiger partial charge is 0.170 e. The number of hydrogen-bond donors (Lipinski definition) is 2. The lowest BCUT2D eigenvalue weighted by molar-refractivity contribution is 0.318. The molecule has 4 nitrogen and oxygen atoms in total. The molecule has 0 unspecified atom stereocenters. The summed E-state index contributed by atoms with van der Waals surface area (Å²) < 4.78 is 5.60. The Hall–Kier alpha value is -1.91. The Balaban J connectivity index is 2.22. The highest BCUT2D eigenvalue weighted by atomic mass is 35.5. The van der Waals surface area contributed by atoms with E-state index in [2.05, 4.69) is 5.16 Å². The molecule has 0 radical (unpaired) electrons.